The summed E-state index contributed by atoms with van der Waals surface area (Å²) < 4.78 is 19.7. The number of ketones is 1. The fourth-order valence-corrected chi connectivity index (χ4v) is 3.89. The van der Waals surface area contributed by atoms with Crippen LogP contribution < -0.4 is 4.74 Å². The second-order valence-corrected chi connectivity index (χ2v) is 7.75. The maximum Gasteiger partial charge on any atom is 0.295 e. The van der Waals surface area contributed by atoms with Gasteiger partial charge in [0.1, 0.15) is 17.3 Å². The van der Waals surface area contributed by atoms with Gasteiger partial charge in [0.2, 0.25) is 0 Å². The van der Waals surface area contributed by atoms with Gasteiger partial charge in [-0.05, 0) is 54.8 Å². The first-order valence-corrected chi connectivity index (χ1v) is 10.6. The summed E-state index contributed by atoms with van der Waals surface area (Å²) >= 11 is 0. The van der Waals surface area contributed by atoms with Gasteiger partial charge in [0.05, 0.1) is 18.2 Å². The molecule has 1 aromatic heterocycles. The monoisotopic (exact) mass is 446 g/mol. The molecule has 1 saturated heterocycles. The average molecular weight is 446 g/mol. The number of carbonyl (C=O) groups excluding carboxylic acids is 2. The lowest BCUT2D eigenvalue weighted by Crippen LogP contribution is -2.29. The summed E-state index contributed by atoms with van der Waals surface area (Å²) in [7, 11) is 0. The van der Waals surface area contributed by atoms with Gasteiger partial charge >= 0.3 is 0 Å². The maximum atomic E-state index is 14.2. The smallest absolute Gasteiger partial charge is 0.295 e. The van der Waals surface area contributed by atoms with E-state index in [-0.39, 0.29) is 17.7 Å². The highest BCUT2D eigenvalue weighted by Gasteiger charge is 2.46. The highest BCUT2D eigenvalue weighted by molar-refractivity contribution is 6.46. The van der Waals surface area contributed by atoms with Gasteiger partial charge < -0.3 is 14.7 Å². The van der Waals surface area contributed by atoms with Crippen molar-refractivity contribution in [1.82, 2.24) is 9.88 Å². The molecule has 1 fully saturated rings. The highest BCUT2D eigenvalue weighted by atomic mass is 19.1. The number of likely N-dealkylation sites (tertiary alicyclic amines) is 1. The summed E-state index contributed by atoms with van der Waals surface area (Å²) in [4.78, 5) is 31.6. The molecular weight excluding hydrogens is 423 g/mol. The van der Waals surface area contributed by atoms with E-state index in [9.17, 15) is 19.1 Å². The van der Waals surface area contributed by atoms with Gasteiger partial charge in [0, 0.05) is 24.5 Å². The number of carbonyl (C=O) groups is 2. The summed E-state index contributed by atoms with van der Waals surface area (Å²) in [6.07, 6.45) is 3.23. The first-order chi connectivity index (χ1) is 15.9. The number of halogens is 1. The van der Waals surface area contributed by atoms with E-state index in [1.807, 2.05) is 6.92 Å². The molecule has 4 rings (SSSR count). The molecule has 0 aliphatic carbocycles. The Morgan fingerprint density at radius 1 is 1.15 bits per heavy atom. The van der Waals surface area contributed by atoms with E-state index in [1.54, 1.807) is 55.7 Å². The largest absolute Gasteiger partial charge is 0.507 e. The molecule has 33 heavy (non-hydrogen) atoms. The standard InChI is InChI=1S/C26H23FN2O4/c1-3-33-20-10-8-18(9-11-20)23-22(24(30)19-7-6-16(2)21(27)13-19)25(31)26(32)29(23)15-17-5-4-12-28-14-17/h4-14,23,30H,3,15H2,1-2H3/t23-/m0/s1. The molecule has 1 atom stereocenters. The zero-order chi connectivity index (χ0) is 23.5. The molecule has 2 aromatic carbocycles. The van der Waals surface area contributed by atoms with E-state index in [4.69, 9.17) is 4.74 Å². The van der Waals surface area contributed by atoms with Gasteiger partial charge in [0.25, 0.3) is 11.7 Å². The Bertz CT molecular complexity index is 1220. The molecule has 1 N–H and O–H groups in total. The number of benzene rings is 2. The normalized spacial score (nSPS) is 17.4. The molecular formula is C26H23FN2O4. The van der Waals surface area contributed by atoms with E-state index in [0.717, 1.165) is 11.6 Å². The maximum absolute atomic E-state index is 14.2. The predicted molar refractivity (Wildman–Crippen MR) is 121 cm³/mol. The van der Waals surface area contributed by atoms with Gasteiger partial charge in [-0.1, -0.05) is 30.3 Å². The second kappa shape index (κ2) is 9.24. The number of amides is 1. The van der Waals surface area contributed by atoms with Crippen LogP contribution in [-0.4, -0.2) is 33.3 Å². The topological polar surface area (TPSA) is 79.7 Å². The lowest BCUT2D eigenvalue weighted by Gasteiger charge is -2.25. The number of rotatable bonds is 6. The third kappa shape index (κ3) is 4.35. The van der Waals surface area contributed by atoms with Crippen LogP contribution in [0.25, 0.3) is 5.76 Å². The van der Waals surface area contributed by atoms with Crippen molar-refractivity contribution in [2.24, 2.45) is 0 Å². The SMILES string of the molecule is CCOc1ccc([C@H]2C(=C(O)c3ccc(C)c(F)c3)C(=O)C(=O)N2Cc2cccnc2)cc1. The van der Waals surface area contributed by atoms with Crippen LogP contribution in [0, 0.1) is 12.7 Å². The van der Waals surface area contributed by atoms with Crippen molar-refractivity contribution in [2.45, 2.75) is 26.4 Å². The number of ether oxygens (including phenoxy) is 1. The quantitative estimate of drug-likeness (QED) is 0.341. The minimum Gasteiger partial charge on any atom is -0.507 e. The minimum atomic E-state index is -0.856. The van der Waals surface area contributed by atoms with Gasteiger partial charge in [0.15, 0.2) is 0 Å². The van der Waals surface area contributed by atoms with E-state index >= 15 is 0 Å². The van der Waals surface area contributed by atoms with Crippen LogP contribution in [0.4, 0.5) is 4.39 Å². The summed E-state index contributed by atoms with van der Waals surface area (Å²) in [5, 5.41) is 11.1. The van der Waals surface area contributed by atoms with Crippen LogP contribution in [-0.2, 0) is 16.1 Å². The van der Waals surface area contributed by atoms with Crippen molar-refractivity contribution >= 4 is 17.4 Å². The van der Waals surface area contributed by atoms with E-state index in [2.05, 4.69) is 4.98 Å². The summed E-state index contributed by atoms with van der Waals surface area (Å²) in [5.41, 5.74) is 1.81. The molecule has 2 heterocycles. The van der Waals surface area contributed by atoms with Crippen molar-refractivity contribution in [3.05, 3.63) is 101 Å². The molecule has 1 amide bonds. The summed E-state index contributed by atoms with van der Waals surface area (Å²) in [6.45, 7) is 4.09. The van der Waals surface area contributed by atoms with Crippen molar-refractivity contribution < 1.29 is 23.8 Å². The molecule has 1 aliphatic heterocycles. The molecule has 6 nitrogen and oxygen atoms in total. The number of hydrogen-bond acceptors (Lipinski definition) is 5. The number of aryl methyl sites for hydroxylation is 1. The van der Waals surface area contributed by atoms with Gasteiger partial charge in [-0.25, -0.2) is 4.39 Å². The lowest BCUT2D eigenvalue weighted by molar-refractivity contribution is -0.140. The second-order valence-electron chi connectivity index (χ2n) is 7.75. The molecule has 0 saturated carbocycles. The van der Waals surface area contributed by atoms with Crippen LogP contribution >= 0.6 is 0 Å². The van der Waals surface area contributed by atoms with Crippen LogP contribution in [0.2, 0.25) is 0 Å². The molecule has 3 aromatic rings. The highest BCUT2D eigenvalue weighted by Crippen LogP contribution is 2.40. The third-order valence-electron chi connectivity index (χ3n) is 5.57. The van der Waals surface area contributed by atoms with Crippen molar-refractivity contribution in [1.29, 1.82) is 0 Å². The lowest BCUT2D eigenvalue weighted by atomic mass is 9.94. The predicted octanol–water partition coefficient (Wildman–Crippen LogP) is 4.55. The molecule has 0 radical (unpaired) electrons. The van der Waals surface area contributed by atoms with E-state index < -0.39 is 29.3 Å². The number of aliphatic hydroxyl groups excluding tert-OH is 1. The summed E-state index contributed by atoms with van der Waals surface area (Å²) in [6, 6.07) is 13.9. The molecule has 7 heteroatoms. The average Bonchev–Trinajstić information content (AvgIpc) is 3.07. The fraction of sp³-hybridized carbons (Fsp3) is 0.192. The minimum absolute atomic E-state index is 0.0868. The number of hydrogen-bond donors (Lipinski definition) is 1. The Morgan fingerprint density at radius 3 is 2.55 bits per heavy atom. The Kier molecular flexibility index (Phi) is 6.22. The zero-order valence-electron chi connectivity index (χ0n) is 18.3. The first-order valence-electron chi connectivity index (χ1n) is 10.6. The number of aliphatic hydroxyl groups is 1. The van der Waals surface area contributed by atoms with Crippen molar-refractivity contribution in [2.75, 3.05) is 6.61 Å². The van der Waals surface area contributed by atoms with Gasteiger partial charge in [-0.15, -0.1) is 0 Å². The Morgan fingerprint density at radius 2 is 1.91 bits per heavy atom. The Hall–Kier alpha value is -4.00. The third-order valence-corrected chi connectivity index (χ3v) is 5.57. The molecule has 0 bridgehead atoms. The number of Topliss-reactive ketones (excluding diaryl/α,β-unsaturated/α-hetero) is 1. The molecule has 0 unspecified atom stereocenters. The van der Waals surface area contributed by atoms with Crippen LogP contribution in [0.3, 0.4) is 0 Å². The molecule has 168 valence electrons. The van der Waals surface area contributed by atoms with Gasteiger partial charge in [-0.2, -0.15) is 0 Å². The zero-order valence-corrected chi connectivity index (χ0v) is 18.3. The van der Waals surface area contributed by atoms with Crippen molar-refractivity contribution in [3.8, 4) is 5.75 Å². The van der Waals surface area contributed by atoms with Crippen LogP contribution in [0.5, 0.6) is 5.75 Å². The number of nitrogens with zero attached hydrogens (tertiary/aromatic N) is 2. The molecule has 0 spiro atoms. The Labute approximate surface area is 191 Å². The Balaban J connectivity index is 1.84. The van der Waals surface area contributed by atoms with E-state index in [0.29, 0.717) is 23.5 Å². The molecule has 1 aliphatic rings. The fourth-order valence-electron chi connectivity index (χ4n) is 3.89. The van der Waals surface area contributed by atoms with Crippen LogP contribution in [0.1, 0.15) is 35.2 Å². The summed E-state index contributed by atoms with van der Waals surface area (Å²) in [5.74, 6) is -1.85. The number of aromatic nitrogens is 1. The number of pyridine rings is 1. The van der Waals surface area contributed by atoms with Crippen LogP contribution in [0.15, 0.2) is 72.6 Å². The first kappa shape index (κ1) is 22.2. The van der Waals surface area contributed by atoms with E-state index in [1.165, 1.54) is 17.0 Å². The van der Waals surface area contributed by atoms with Gasteiger partial charge in [-0.3, -0.25) is 14.6 Å². The van der Waals surface area contributed by atoms with Crippen molar-refractivity contribution in [3.63, 3.8) is 0 Å².